The van der Waals surface area contributed by atoms with Crippen LogP contribution in [0.5, 0.6) is 0 Å². The highest BCUT2D eigenvalue weighted by molar-refractivity contribution is 5.70. The Morgan fingerprint density at radius 2 is 0.738 bits per heavy atom. The molecule has 0 aromatic rings. The molecule has 1 N–H and O–H groups in total. The van der Waals surface area contributed by atoms with Crippen molar-refractivity contribution in [2.75, 3.05) is 13.2 Å². The summed E-state index contributed by atoms with van der Waals surface area (Å²) < 4.78 is 10.6. The molecule has 0 aromatic heterocycles. The van der Waals surface area contributed by atoms with Gasteiger partial charge in [-0.15, -0.1) is 0 Å². The summed E-state index contributed by atoms with van der Waals surface area (Å²) in [6.45, 7) is 4.14. The zero-order chi connectivity index (χ0) is 30.8. The van der Waals surface area contributed by atoms with Crippen LogP contribution in [0.1, 0.15) is 206 Å². The predicted octanol–water partition coefficient (Wildman–Crippen LogP) is 11.2. The molecule has 0 amide bonds. The van der Waals surface area contributed by atoms with Gasteiger partial charge in [0.15, 0.2) is 6.10 Å². The van der Waals surface area contributed by atoms with Crippen LogP contribution in [-0.2, 0) is 19.1 Å². The minimum absolute atomic E-state index is 0.0574. The van der Waals surface area contributed by atoms with E-state index in [1.54, 1.807) is 0 Å². The number of esters is 2. The standard InChI is InChI=1S/C37H72O5/c1-3-5-7-9-11-13-15-16-17-18-19-20-21-22-24-25-27-29-31-36(39)41-34-35(33-38)42-37(40)32-30-28-26-23-14-12-10-8-6-4-2/h35,38H,3-34H2,1-2H3/t35-/m0/s1. The second-order valence-electron chi connectivity index (χ2n) is 12.7. The smallest absolute Gasteiger partial charge is 0.306 e. The average Bonchev–Trinajstić information content (AvgIpc) is 2.99. The lowest BCUT2D eigenvalue weighted by atomic mass is 10.0. The van der Waals surface area contributed by atoms with Crippen molar-refractivity contribution in [3.63, 3.8) is 0 Å². The van der Waals surface area contributed by atoms with Crippen LogP contribution in [0.2, 0.25) is 0 Å². The van der Waals surface area contributed by atoms with Gasteiger partial charge in [-0.05, 0) is 12.8 Å². The molecule has 0 spiro atoms. The number of unbranched alkanes of at least 4 members (excludes halogenated alkanes) is 26. The van der Waals surface area contributed by atoms with Gasteiger partial charge in [-0.1, -0.05) is 181 Å². The molecule has 1 atom stereocenters. The van der Waals surface area contributed by atoms with Gasteiger partial charge in [0.05, 0.1) is 6.61 Å². The molecule has 0 saturated heterocycles. The van der Waals surface area contributed by atoms with Crippen LogP contribution in [0.25, 0.3) is 0 Å². The molecule has 0 radical (unpaired) electrons. The van der Waals surface area contributed by atoms with E-state index in [2.05, 4.69) is 13.8 Å². The highest BCUT2D eigenvalue weighted by atomic mass is 16.6. The summed E-state index contributed by atoms with van der Waals surface area (Å²) >= 11 is 0. The molecule has 5 heteroatoms. The van der Waals surface area contributed by atoms with E-state index in [1.807, 2.05) is 0 Å². The molecule has 0 aliphatic heterocycles. The summed E-state index contributed by atoms with van der Waals surface area (Å²) in [5.41, 5.74) is 0. The van der Waals surface area contributed by atoms with Gasteiger partial charge < -0.3 is 14.6 Å². The first-order chi connectivity index (χ1) is 20.6. The third-order valence-corrected chi connectivity index (χ3v) is 8.40. The molecule has 0 saturated carbocycles. The van der Waals surface area contributed by atoms with Crippen molar-refractivity contribution in [2.45, 2.75) is 213 Å². The van der Waals surface area contributed by atoms with Crippen LogP contribution in [0.15, 0.2) is 0 Å². The maximum Gasteiger partial charge on any atom is 0.306 e. The number of carbonyl (C=O) groups is 2. The van der Waals surface area contributed by atoms with Crippen molar-refractivity contribution >= 4 is 11.9 Å². The first-order valence-corrected chi connectivity index (χ1v) is 18.6. The van der Waals surface area contributed by atoms with Crippen LogP contribution in [0, 0.1) is 0 Å². The van der Waals surface area contributed by atoms with Gasteiger partial charge in [-0.3, -0.25) is 9.59 Å². The second-order valence-corrected chi connectivity index (χ2v) is 12.7. The molecule has 42 heavy (non-hydrogen) atoms. The third kappa shape index (κ3) is 31.8. The molecule has 0 rings (SSSR count). The van der Waals surface area contributed by atoms with E-state index < -0.39 is 6.10 Å². The minimum atomic E-state index is -0.759. The van der Waals surface area contributed by atoms with E-state index in [9.17, 15) is 14.7 Å². The fraction of sp³-hybridized carbons (Fsp3) is 0.946. The molecule has 0 heterocycles. The van der Waals surface area contributed by atoms with Crippen LogP contribution < -0.4 is 0 Å². The zero-order valence-electron chi connectivity index (χ0n) is 28.3. The number of rotatable bonds is 34. The molecule has 0 aliphatic carbocycles. The summed E-state index contributed by atoms with van der Waals surface area (Å²) in [4.78, 5) is 24.1. The van der Waals surface area contributed by atoms with Gasteiger partial charge in [0.2, 0.25) is 0 Å². The number of hydrogen-bond acceptors (Lipinski definition) is 5. The molecular weight excluding hydrogens is 524 g/mol. The van der Waals surface area contributed by atoms with E-state index >= 15 is 0 Å². The summed E-state index contributed by atoms with van der Waals surface area (Å²) in [6, 6.07) is 0. The van der Waals surface area contributed by atoms with Gasteiger partial charge in [-0.25, -0.2) is 0 Å². The SMILES string of the molecule is CCCCCCCCCCCCCCCCCCCCC(=O)OC[C@H](CO)OC(=O)CCCCCCCCCCCC. The Balaban J connectivity index is 3.47. The highest BCUT2D eigenvalue weighted by Crippen LogP contribution is 2.15. The zero-order valence-corrected chi connectivity index (χ0v) is 28.3. The molecule has 5 nitrogen and oxygen atoms in total. The number of aliphatic hydroxyl groups is 1. The first-order valence-electron chi connectivity index (χ1n) is 18.6. The van der Waals surface area contributed by atoms with Crippen molar-refractivity contribution in [3.8, 4) is 0 Å². The summed E-state index contributed by atoms with van der Waals surface area (Å²) in [6.07, 6.45) is 35.9. The van der Waals surface area contributed by atoms with Gasteiger partial charge in [0, 0.05) is 12.8 Å². The topological polar surface area (TPSA) is 72.8 Å². The van der Waals surface area contributed by atoms with Crippen molar-refractivity contribution in [3.05, 3.63) is 0 Å². The Morgan fingerprint density at radius 3 is 1.05 bits per heavy atom. The van der Waals surface area contributed by atoms with Crippen molar-refractivity contribution < 1.29 is 24.2 Å². The maximum atomic E-state index is 12.1. The van der Waals surface area contributed by atoms with Crippen molar-refractivity contribution in [1.82, 2.24) is 0 Å². The largest absolute Gasteiger partial charge is 0.462 e. The molecule has 250 valence electrons. The Labute approximate surface area is 261 Å². The normalized spacial score (nSPS) is 12.0. The highest BCUT2D eigenvalue weighted by Gasteiger charge is 2.16. The maximum absolute atomic E-state index is 12.1. The van der Waals surface area contributed by atoms with Gasteiger partial charge in [-0.2, -0.15) is 0 Å². The van der Waals surface area contributed by atoms with E-state index in [-0.39, 0.29) is 25.2 Å². The van der Waals surface area contributed by atoms with Crippen LogP contribution in [0.3, 0.4) is 0 Å². The third-order valence-electron chi connectivity index (χ3n) is 8.40. The second kappa shape index (κ2) is 34.4. The lowest BCUT2D eigenvalue weighted by Crippen LogP contribution is -2.28. The molecule has 0 bridgehead atoms. The lowest BCUT2D eigenvalue weighted by molar-refractivity contribution is -0.161. The minimum Gasteiger partial charge on any atom is -0.462 e. The fourth-order valence-electron chi connectivity index (χ4n) is 5.55. The number of carbonyl (C=O) groups excluding carboxylic acids is 2. The number of ether oxygens (including phenoxy) is 2. The monoisotopic (exact) mass is 597 g/mol. The van der Waals surface area contributed by atoms with E-state index in [4.69, 9.17) is 9.47 Å². The quantitative estimate of drug-likeness (QED) is 0.0591. The molecule has 0 aliphatic rings. The van der Waals surface area contributed by atoms with Gasteiger partial charge in [0.1, 0.15) is 6.61 Å². The Bertz CT molecular complexity index is 564. The van der Waals surface area contributed by atoms with Crippen LogP contribution in [0.4, 0.5) is 0 Å². The summed E-state index contributed by atoms with van der Waals surface area (Å²) in [7, 11) is 0. The van der Waals surface area contributed by atoms with Gasteiger partial charge in [0.25, 0.3) is 0 Å². The Kier molecular flexibility index (Phi) is 33.5. The fourth-order valence-corrected chi connectivity index (χ4v) is 5.55. The van der Waals surface area contributed by atoms with E-state index in [0.29, 0.717) is 12.8 Å². The average molecular weight is 597 g/mol. The Morgan fingerprint density at radius 1 is 0.452 bits per heavy atom. The van der Waals surface area contributed by atoms with Gasteiger partial charge >= 0.3 is 11.9 Å². The van der Waals surface area contributed by atoms with E-state index in [1.165, 1.54) is 148 Å². The Hall–Kier alpha value is -1.10. The van der Waals surface area contributed by atoms with Crippen LogP contribution in [-0.4, -0.2) is 36.4 Å². The lowest BCUT2D eigenvalue weighted by Gasteiger charge is -2.15. The van der Waals surface area contributed by atoms with E-state index in [0.717, 1.165) is 32.1 Å². The summed E-state index contributed by atoms with van der Waals surface area (Å²) in [5, 5.41) is 9.50. The predicted molar refractivity (Wildman–Crippen MR) is 178 cm³/mol. The molecule has 0 fully saturated rings. The first kappa shape index (κ1) is 40.9. The molecule has 0 aromatic carbocycles. The number of aliphatic hydroxyl groups excluding tert-OH is 1. The number of hydrogen-bond donors (Lipinski definition) is 1. The molecular formula is C37H72O5. The molecule has 0 unspecified atom stereocenters. The summed E-state index contributed by atoms with van der Waals surface area (Å²) in [5.74, 6) is -0.580. The van der Waals surface area contributed by atoms with Crippen molar-refractivity contribution in [2.24, 2.45) is 0 Å². The van der Waals surface area contributed by atoms with Crippen molar-refractivity contribution in [1.29, 1.82) is 0 Å². The van der Waals surface area contributed by atoms with Crippen LogP contribution >= 0.6 is 0 Å².